The van der Waals surface area contributed by atoms with Crippen molar-refractivity contribution >= 4 is 17.6 Å². The fourth-order valence-electron chi connectivity index (χ4n) is 3.49. The van der Waals surface area contributed by atoms with Crippen LogP contribution >= 0.6 is 0 Å². The van der Waals surface area contributed by atoms with Gasteiger partial charge in [-0.2, -0.15) is 0 Å². The van der Waals surface area contributed by atoms with Crippen molar-refractivity contribution in [2.45, 2.75) is 64.4 Å². The summed E-state index contributed by atoms with van der Waals surface area (Å²) in [5.74, 6) is 1.78. The molecule has 0 unspecified atom stereocenters. The Balaban J connectivity index is 1.44. The van der Waals surface area contributed by atoms with Gasteiger partial charge in [-0.1, -0.05) is 56.4 Å². The molecule has 1 aromatic carbocycles. The van der Waals surface area contributed by atoms with Crippen LogP contribution in [0.4, 0.5) is 0 Å². The molecule has 178 valence electrons. The lowest BCUT2D eigenvalue weighted by Gasteiger charge is -2.15. The molecule has 1 heterocycles. The van der Waals surface area contributed by atoms with Gasteiger partial charge < -0.3 is 26.8 Å². The average molecular weight is 444 g/mol. The van der Waals surface area contributed by atoms with Crippen molar-refractivity contribution in [3.63, 3.8) is 0 Å². The minimum absolute atomic E-state index is 0.300. The van der Waals surface area contributed by atoms with E-state index in [4.69, 9.17) is 21.6 Å². The molecule has 0 spiro atoms. The summed E-state index contributed by atoms with van der Waals surface area (Å²) in [6.07, 6.45) is 9.94. The van der Waals surface area contributed by atoms with Crippen LogP contribution < -0.4 is 22.1 Å². The molecular weight excluding hydrogens is 402 g/mol. The van der Waals surface area contributed by atoms with Gasteiger partial charge in [-0.05, 0) is 24.8 Å². The van der Waals surface area contributed by atoms with Crippen molar-refractivity contribution in [1.82, 2.24) is 10.6 Å². The molecule has 8 heteroatoms. The molecular formula is C24H41N7O. The van der Waals surface area contributed by atoms with Gasteiger partial charge >= 0.3 is 0 Å². The molecule has 0 radical (unpaired) electrons. The normalized spacial score (nSPS) is 14.0. The van der Waals surface area contributed by atoms with E-state index in [1.807, 2.05) is 0 Å². The van der Waals surface area contributed by atoms with Crippen LogP contribution in [0.5, 0.6) is 0 Å². The number of rotatable bonds is 16. The summed E-state index contributed by atoms with van der Waals surface area (Å²) in [6, 6.07) is 8.35. The number of hydrogen-bond acceptors (Lipinski definition) is 5. The molecule has 32 heavy (non-hydrogen) atoms. The predicted molar refractivity (Wildman–Crippen MR) is 133 cm³/mol. The molecule has 0 aliphatic carbocycles. The van der Waals surface area contributed by atoms with Crippen LogP contribution in [0.25, 0.3) is 0 Å². The third kappa shape index (κ3) is 11.7. The van der Waals surface area contributed by atoms with Gasteiger partial charge in [0.15, 0.2) is 5.96 Å². The van der Waals surface area contributed by atoms with Gasteiger partial charge in [-0.25, -0.2) is 0 Å². The van der Waals surface area contributed by atoms with Crippen molar-refractivity contribution in [3.05, 3.63) is 35.4 Å². The molecule has 0 saturated carbocycles. The first-order valence-electron chi connectivity index (χ1n) is 12.0. The Bertz CT molecular complexity index is 716. The summed E-state index contributed by atoms with van der Waals surface area (Å²) >= 11 is 0. The summed E-state index contributed by atoms with van der Waals surface area (Å²) in [5, 5.41) is 13.6. The SMILES string of the molecule is N=C(N)CCCCCCCCCN=C(N)NCCOCc1ccc(C2=NCCCN2)cc1. The van der Waals surface area contributed by atoms with Crippen LogP contribution in [0, 0.1) is 5.41 Å². The molecule has 0 amide bonds. The number of benzene rings is 1. The van der Waals surface area contributed by atoms with Gasteiger partial charge in [-0.3, -0.25) is 15.4 Å². The van der Waals surface area contributed by atoms with Crippen LogP contribution in [-0.4, -0.2) is 50.4 Å². The van der Waals surface area contributed by atoms with E-state index in [1.165, 1.54) is 25.7 Å². The quantitative estimate of drug-likeness (QED) is 0.152. The van der Waals surface area contributed by atoms with Gasteiger partial charge in [0.1, 0.15) is 5.84 Å². The standard InChI is InChI=1S/C24H41N7O/c25-22(26)9-6-4-2-1-3-5-7-14-30-24(27)31-17-18-32-19-20-10-12-21(13-11-20)23-28-15-8-16-29-23/h10-13H,1-9,14-19H2,(H3,25,26)(H,28,29)(H3,27,30,31). The number of unbranched alkanes of at least 4 members (excludes halogenated alkanes) is 6. The number of nitrogens with zero attached hydrogens (tertiary/aromatic N) is 2. The van der Waals surface area contributed by atoms with E-state index in [1.54, 1.807) is 0 Å². The van der Waals surface area contributed by atoms with E-state index in [-0.39, 0.29) is 0 Å². The molecule has 0 atom stereocenters. The number of amidine groups is 2. The lowest BCUT2D eigenvalue weighted by molar-refractivity contribution is 0.125. The third-order valence-electron chi connectivity index (χ3n) is 5.33. The van der Waals surface area contributed by atoms with Gasteiger partial charge in [0.2, 0.25) is 0 Å². The van der Waals surface area contributed by atoms with E-state index in [2.05, 4.69) is 44.9 Å². The van der Waals surface area contributed by atoms with Gasteiger partial charge in [-0.15, -0.1) is 0 Å². The molecule has 7 N–H and O–H groups in total. The third-order valence-corrected chi connectivity index (χ3v) is 5.33. The number of hydrogen-bond donors (Lipinski definition) is 5. The first-order valence-corrected chi connectivity index (χ1v) is 12.0. The first-order chi connectivity index (χ1) is 15.6. The fraction of sp³-hybridized carbons (Fsp3) is 0.625. The zero-order chi connectivity index (χ0) is 22.9. The maximum Gasteiger partial charge on any atom is 0.188 e. The van der Waals surface area contributed by atoms with Crippen LogP contribution in [0.3, 0.4) is 0 Å². The monoisotopic (exact) mass is 443 g/mol. The van der Waals surface area contributed by atoms with E-state index >= 15 is 0 Å². The molecule has 0 bridgehead atoms. The van der Waals surface area contributed by atoms with Crippen molar-refractivity contribution in [1.29, 1.82) is 5.41 Å². The topological polar surface area (TPSA) is 134 Å². The summed E-state index contributed by atoms with van der Waals surface area (Å²) in [6.45, 7) is 4.46. The highest BCUT2D eigenvalue weighted by Gasteiger charge is 2.06. The van der Waals surface area contributed by atoms with Crippen molar-refractivity contribution in [2.75, 3.05) is 32.8 Å². The second-order valence-electron chi connectivity index (χ2n) is 8.20. The first kappa shape index (κ1) is 25.6. The number of guanidine groups is 1. The predicted octanol–water partition coefficient (Wildman–Crippen LogP) is 2.90. The van der Waals surface area contributed by atoms with Gasteiger partial charge in [0.25, 0.3) is 0 Å². The molecule has 1 aromatic rings. The molecule has 8 nitrogen and oxygen atoms in total. The second-order valence-corrected chi connectivity index (χ2v) is 8.20. The van der Waals surface area contributed by atoms with Crippen LogP contribution in [0.15, 0.2) is 34.3 Å². The van der Waals surface area contributed by atoms with Crippen molar-refractivity contribution in [2.24, 2.45) is 21.5 Å². The molecule has 2 rings (SSSR count). The van der Waals surface area contributed by atoms with Gasteiger partial charge in [0, 0.05) is 38.2 Å². The largest absolute Gasteiger partial charge is 0.388 e. The number of aliphatic imine (C=N–C) groups is 2. The van der Waals surface area contributed by atoms with Crippen LogP contribution in [0.1, 0.15) is 68.9 Å². The maximum atomic E-state index is 7.19. The molecule has 1 aliphatic heterocycles. The minimum atomic E-state index is 0.300. The van der Waals surface area contributed by atoms with Crippen molar-refractivity contribution < 1.29 is 4.74 Å². The fourth-order valence-corrected chi connectivity index (χ4v) is 3.49. The summed E-state index contributed by atoms with van der Waals surface area (Å²) in [5.41, 5.74) is 13.5. The number of nitrogens with one attached hydrogen (secondary N) is 3. The molecule has 0 aromatic heterocycles. The zero-order valence-electron chi connectivity index (χ0n) is 19.4. The Kier molecular flexibility index (Phi) is 12.9. The lowest BCUT2D eigenvalue weighted by atomic mass is 10.1. The van der Waals surface area contributed by atoms with Gasteiger partial charge in [0.05, 0.1) is 19.0 Å². The highest BCUT2D eigenvalue weighted by atomic mass is 16.5. The number of ether oxygens (including phenoxy) is 1. The van der Waals surface area contributed by atoms with Crippen molar-refractivity contribution in [3.8, 4) is 0 Å². The second kappa shape index (κ2) is 16.1. The Hall–Kier alpha value is -2.61. The van der Waals surface area contributed by atoms with Crippen LogP contribution in [-0.2, 0) is 11.3 Å². The average Bonchev–Trinajstić information content (AvgIpc) is 2.81. The molecule has 1 aliphatic rings. The Morgan fingerprint density at radius 3 is 2.47 bits per heavy atom. The van der Waals surface area contributed by atoms with Crippen LogP contribution in [0.2, 0.25) is 0 Å². The summed E-state index contributed by atoms with van der Waals surface area (Å²) < 4.78 is 5.73. The van der Waals surface area contributed by atoms with E-state index < -0.39 is 0 Å². The number of nitrogens with two attached hydrogens (primary N) is 2. The maximum absolute atomic E-state index is 7.19. The zero-order valence-corrected chi connectivity index (χ0v) is 19.4. The summed E-state index contributed by atoms with van der Waals surface area (Å²) in [4.78, 5) is 8.89. The Labute approximate surface area is 192 Å². The molecule has 0 saturated heterocycles. The highest BCUT2D eigenvalue weighted by Crippen LogP contribution is 2.09. The smallest absolute Gasteiger partial charge is 0.188 e. The molecule has 0 fully saturated rings. The Morgan fingerprint density at radius 2 is 1.78 bits per heavy atom. The minimum Gasteiger partial charge on any atom is -0.388 e. The van der Waals surface area contributed by atoms with E-state index in [0.717, 1.165) is 68.7 Å². The van der Waals surface area contributed by atoms with E-state index in [0.29, 0.717) is 31.6 Å². The van der Waals surface area contributed by atoms with E-state index in [9.17, 15) is 0 Å². The highest BCUT2D eigenvalue weighted by molar-refractivity contribution is 5.99. The Morgan fingerprint density at radius 1 is 1.06 bits per heavy atom. The summed E-state index contributed by atoms with van der Waals surface area (Å²) in [7, 11) is 0. The lowest BCUT2D eigenvalue weighted by Crippen LogP contribution is -2.34.